The Morgan fingerprint density at radius 1 is 0.975 bits per heavy atom. The minimum Gasteiger partial charge on any atom is -0.507 e. The smallest absolute Gasteiger partial charge is 0.273 e. The van der Waals surface area contributed by atoms with Crippen molar-refractivity contribution in [1.82, 2.24) is 15.1 Å². The molecule has 1 aliphatic heterocycles. The second-order valence-corrected chi connectivity index (χ2v) is 10.5. The van der Waals surface area contributed by atoms with Gasteiger partial charge in [0, 0.05) is 22.7 Å². The van der Waals surface area contributed by atoms with E-state index in [1.165, 1.54) is 0 Å². The summed E-state index contributed by atoms with van der Waals surface area (Å²) in [5.41, 5.74) is 6.78. The molecule has 1 aromatic heterocycles. The van der Waals surface area contributed by atoms with E-state index in [1.54, 1.807) is 4.90 Å². The summed E-state index contributed by atoms with van der Waals surface area (Å²) in [7, 11) is 0. The van der Waals surface area contributed by atoms with Crippen LogP contribution in [0.1, 0.15) is 49.9 Å². The first-order valence-corrected chi connectivity index (χ1v) is 13.5. The van der Waals surface area contributed by atoms with E-state index in [2.05, 4.69) is 10.2 Å². The number of rotatable bonds is 7. The fourth-order valence-electron chi connectivity index (χ4n) is 5.38. The number of benzene rings is 4. The van der Waals surface area contributed by atoms with Gasteiger partial charge in [-0.05, 0) is 65.9 Å². The van der Waals surface area contributed by atoms with Gasteiger partial charge in [-0.1, -0.05) is 78.3 Å². The number of halogens is 1. The van der Waals surface area contributed by atoms with Gasteiger partial charge in [-0.3, -0.25) is 9.89 Å². The summed E-state index contributed by atoms with van der Waals surface area (Å²) in [5, 5.41) is 19.1. The number of fused-ring (bicyclic) bond motifs is 1. The molecule has 0 fully saturated rings. The zero-order valence-electron chi connectivity index (χ0n) is 22.2. The Bertz CT molecular complexity index is 1710. The molecule has 2 N–H and O–H groups in total. The van der Waals surface area contributed by atoms with Gasteiger partial charge < -0.3 is 14.7 Å². The SMILES string of the molecule is Cc1cc(C)c(O)c(-c2n[nH]c3c2C(c2cccc(OCc4ccccc4)c2)N(Cc2ccccc2Cl)C3=O)c1. The number of aromatic nitrogens is 2. The highest BCUT2D eigenvalue weighted by Crippen LogP contribution is 2.46. The van der Waals surface area contributed by atoms with Crippen LogP contribution in [0.4, 0.5) is 0 Å². The maximum absolute atomic E-state index is 13.9. The van der Waals surface area contributed by atoms with E-state index in [0.29, 0.717) is 40.9 Å². The highest BCUT2D eigenvalue weighted by atomic mass is 35.5. The molecule has 0 saturated heterocycles. The normalized spacial score (nSPS) is 14.4. The number of phenols is 1. The first-order valence-electron chi connectivity index (χ1n) is 13.1. The number of aromatic amines is 1. The zero-order chi connectivity index (χ0) is 27.8. The van der Waals surface area contributed by atoms with Crippen LogP contribution in [0.2, 0.25) is 5.02 Å². The minimum atomic E-state index is -0.479. The molecular weight excluding hydrogens is 522 g/mol. The fraction of sp³-hybridized carbons (Fsp3) is 0.152. The third-order valence-electron chi connectivity index (χ3n) is 7.28. The van der Waals surface area contributed by atoms with Gasteiger partial charge in [0.1, 0.15) is 29.5 Å². The lowest BCUT2D eigenvalue weighted by Crippen LogP contribution is -2.29. The maximum atomic E-state index is 13.9. The molecule has 0 bridgehead atoms. The van der Waals surface area contributed by atoms with Crippen LogP contribution in [-0.4, -0.2) is 26.1 Å². The summed E-state index contributed by atoms with van der Waals surface area (Å²) in [6, 6.07) is 28.6. The molecule has 1 unspecified atom stereocenters. The number of aryl methyl sites for hydroxylation is 2. The number of phenolic OH excluding ortho intramolecular Hbond substituents is 1. The van der Waals surface area contributed by atoms with E-state index in [4.69, 9.17) is 16.3 Å². The Labute approximate surface area is 237 Å². The number of amides is 1. The number of hydrogen-bond donors (Lipinski definition) is 2. The molecule has 1 atom stereocenters. The van der Waals surface area contributed by atoms with Crippen LogP contribution in [-0.2, 0) is 13.2 Å². The summed E-state index contributed by atoms with van der Waals surface area (Å²) < 4.78 is 6.14. The number of ether oxygens (including phenoxy) is 1. The van der Waals surface area contributed by atoms with Gasteiger partial charge in [0.05, 0.1) is 6.04 Å². The van der Waals surface area contributed by atoms with E-state index in [9.17, 15) is 9.90 Å². The van der Waals surface area contributed by atoms with E-state index in [1.807, 2.05) is 105 Å². The van der Waals surface area contributed by atoms with Crippen molar-refractivity contribution in [1.29, 1.82) is 0 Å². The van der Waals surface area contributed by atoms with Crippen LogP contribution in [0.5, 0.6) is 11.5 Å². The minimum absolute atomic E-state index is 0.149. The molecule has 5 aromatic rings. The van der Waals surface area contributed by atoms with E-state index in [-0.39, 0.29) is 11.7 Å². The van der Waals surface area contributed by atoms with Crippen LogP contribution in [0.25, 0.3) is 11.3 Å². The molecule has 40 heavy (non-hydrogen) atoms. The van der Waals surface area contributed by atoms with Gasteiger partial charge in [-0.2, -0.15) is 5.10 Å². The Morgan fingerprint density at radius 2 is 1.75 bits per heavy atom. The fourth-order valence-corrected chi connectivity index (χ4v) is 5.57. The van der Waals surface area contributed by atoms with Crippen molar-refractivity contribution < 1.29 is 14.6 Å². The van der Waals surface area contributed by atoms with E-state index < -0.39 is 6.04 Å². The zero-order valence-corrected chi connectivity index (χ0v) is 22.9. The number of hydrogen-bond acceptors (Lipinski definition) is 4. The average Bonchev–Trinajstić information content (AvgIpc) is 3.50. The highest BCUT2D eigenvalue weighted by Gasteiger charge is 2.43. The molecule has 0 saturated carbocycles. The number of carbonyl (C=O) groups excluding carboxylic acids is 1. The monoisotopic (exact) mass is 549 g/mol. The summed E-state index contributed by atoms with van der Waals surface area (Å²) in [5.74, 6) is 0.660. The summed E-state index contributed by atoms with van der Waals surface area (Å²) in [4.78, 5) is 15.7. The number of nitrogens with zero attached hydrogens (tertiary/aromatic N) is 2. The number of carbonyl (C=O) groups is 1. The summed E-state index contributed by atoms with van der Waals surface area (Å²) >= 11 is 6.53. The van der Waals surface area contributed by atoms with Gasteiger partial charge in [-0.15, -0.1) is 0 Å². The molecule has 1 aliphatic rings. The van der Waals surface area contributed by atoms with Crippen molar-refractivity contribution in [3.63, 3.8) is 0 Å². The van der Waals surface area contributed by atoms with Crippen molar-refractivity contribution in [2.75, 3.05) is 0 Å². The van der Waals surface area contributed by atoms with Crippen molar-refractivity contribution in [3.8, 4) is 22.8 Å². The summed E-state index contributed by atoms with van der Waals surface area (Å²) in [6.45, 7) is 4.57. The maximum Gasteiger partial charge on any atom is 0.273 e. The predicted octanol–water partition coefficient (Wildman–Crippen LogP) is 7.38. The Morgan fingerprint density at radius 3 is 2.55 bits per heavy atom. The number of H-pyrrole nitrogens is 1. The molecular formula is C33H28ClN3O3. The van der Waals surface area contributed by atoms with Crippen LogP contribution in [0.15, 0.2) is 91.0 Å². The first kappa shape index (κ1) is 25.7. The molecule has 2 heterocycles. The second-order valence-electron chi connectivity index (χ2n) is 10.1. The van der Waals surface area contributed by atoms with Crippen molar-refractivity contribution in [2.24, 2.45) is 0 Å². The van der Waals surface area contributed by atoms with Gasteiger partial charge >= 0.3 is 0 Å². The molecule has 200 valence electrons. The molecule has 4 aromatic carbocycles. The van der Waals surface area contributed by atoms with Gasteiger partial charge in [0.2, 0.25) is 0 Å². The number of aromatic hydroxyl groups is 1. The standard InChI is InChI=1S/C33H28ClN3O3/c1-20-15-21(2)32(38)26(16-20)29-28-30(36-35-29)33(39)37(18-24-11-6-7-14-27(24)34)31(28)23-12-8-13-25(17-23)40-19-22-9-4-3-5-10-22/h3-17,31,38H,18-19H2,1-2H3,(H,35,36). The lowest BCUT2D eigenvalue weighted by molar-refractivity contribution is 0.0730. The lowest BCUT2D eigenvalue weighted by Gasteiger charge is -2.27. The van der Waals surface area contributed by atoms with Gasteiger partial charge in [0.15, 0.2) is 0 Å². The first-order chi connectivity index (χ1) is 19.4. The highest BCUT2D eigenvalue weighted by molar-refractivity contribution is 6.31. The van der Waals surface area contributed by atoms with Gasteiger partial charge in [-0.25, -0.2) is 0 Å². The molecule has 7 heteroatoms. The largest absolute Gasteiger partial charge is 0.507 e. The number of nitrogens with one attached hydrogen (secondary N) is 1. The van der Waals surface area contributed by atoms with E-state index in [0.717, 1.165) is 33.4 Å². The molecule has 6 nitrogen and oxygen atoms in total. The molecule has 0 radical (unpaired) electrons. The topological polar surface area (TPSA) is 78.5 Å². The van der Waals surface area contributed by atoms with Crippen LogP contribution in [0, 0.1) is 13.8 Å². The van der Waals surface area contributed by atoms with Gasteiger partial charge in [0.25, 0.3) is 5.91 Å². The van der Waals surface area contributed by atoms with Crippen molar-refractivity contribution >= 4 is 17.5 Å². The van der Waals surface area contributed by atoms with Crippen molar-refractivity contribution in [3.05, 3.63) is 135 Å². The van der Waals surface area contributed by atoms with Crippen LogP contribution in [0.3, 0.4) is 0 Å². The van der Waals surface area contributed by atoms with Crippen LogP contribution < -0.4 is 4.74 Å². The average molecular weight is 550 g/mol. The predicted molar refractivity (Wildman–Crippen MR) is 156 cm³/mol. The molecule has 0 aliphatic carbocycles. The van der Waals surface area contributed by atoms with E-state index >= 15 is 0 Å². The summed E-state index contributed by atoms with van der Waals surface area (Å²) in [6.07, 6.45) is 0. The molecule has 6 rings (SSSR count). The Kier molecular flexibility index (Phi) is 6.78. The Hall–Kier alpha value is -4.55. The second kappa shape index (κ2) is 10.5. The molecule has 1 amide bonds. The van der Waals surface area contributed by atoms with Crippen molar-refractivity contribution in [2.45, 2.75) is 33.0 Å². The third kappa shape index (κ3) is 4.71. The molecule has 0 spiro atoms. The van der Waals surface area contributed by atoms with Crippen LogP contribution >= 0.6 is 11.6 Å². The quantitative estimate of drug-likeness (QED) is 0.222. The Balaban J connectivity index is 1.45. The lowest BCUT2D eigenvalue weighted by atomic mass is 9.94. The third-order valence-corrected chi connectivity index (χ3v) is 7.65.